The van der Waals surface area contributed by atoms with E-state index in [-0.39, 0.29) is 43.1 Å². The molecule has 11 heteroatoms. The van der Waals surface area contributed by atoms with Crippen LogP contribution in [-0.2, 0) is 27.5 Å². The zero-order chi connectivity index (χ0) is 31.0. The number of aliphatic hydroxyl groups excluding tert-OH is 3. The van der Waals surface area contributed by atoms with Gasteiger partial charge in [-0.15, -0.1) is 0 Å². The van der Waals surface area contributed by atoms with Crippen molar-refractivity contribution in [1.82, 2.24) is 10.7 Å². The van der Waals surface area contributed by atoms with E-state index in [2.05, 4.69) is 10.2 Å². The molecule has 1 amide bonds. The number of carbonyl (C=O) groups is 2. The van der Waals surface area contributed by atoms with E-state index in [1.54, 1.807) is 18.2 Å². The molecule has 6 N–H and O–H groups in total. The van der Waals surface area contributed by atoms with Gasteiger partial charge in [-0.1, -0.05) is 54.6 Å². The summed E-state index contributed by atoms with van der Waals surface area (Å²) in [7, 11) is 0. The standard InChI is InChI=1S/C32H44N2O9/c35-25(16-15-23-9-4-3-5-10-23)17-18-28-27(29(36)20-30(28)37)13-6-1-2-7-14-31(38)33-21-32(39)43-26-12-8-11-24(19-26)22-42-34(40)41/h1,3-6,8-12,19,25,27-30,35-37,40-41H,2,7,13-18,20-22H2,(H,33,38)/b6-1-/t25-,27+,28+,29-,30+/m0/s1. The minimum atomic E-state index is -0.646. The number of amides is 1. The maximum atomic E-state index is 12.1. The van der Waals surface area contributed by atoms with Crippen molar-refractivity contribution in [2.45, 2.75) is 82.7 Å². The van der Waals surface area contributed by atoms with Gasteiger partial charge in [0.15, 0.2) is 0 Å². The monoisotopic (exact) mass is 600 g/mol. The molecule has 0 radical (unpaired) electrons. The van der Waals surface area contributed by atoms with Gasteiger partial charge in [-0.05, 0) is 86.5 Å². The highest BCUT2D eigenvalue weighted by molar-refractivity contribution is 5.82. The highest BCUT2D eigenvalue weighted by atomic mass is 17.1. The van der Waals surface area contributed by atoms with Crippen molar-refractivity contribution in [3.05, 3.63) is 77.9 Å². The van der Waals surface area contributed by atoms with Crippen LogP contribution in [0.1, 0.15) is 62.5 Å². The van der Waals surface area contributed by atoms with Crippen LogP contribution in [0.3, 0.4) is 0 Å². The number of carbonyl (C=O) groups excluding carboxylic acids is 2. The minimum Gasteiger partial charge on any atom is -0.425 e. The van der Waals surface area contributed by atoms with Gasteiger partial charge >= 0.3 is 5.97 Å². The Kier molecular flexibility index (Phi) is 14.8. The summed E-state index contributed by atoms with van der Waals surface area (Å²) in [6.45, 7) is -0.437. The van der Waals surface area contributed by atoms with Crippen molar-refractivity contribution >= 4 is 11.9 Å². The Bertz CT molecular complexity index is 1140. The molecule has 3 rings (SSSR count). The van der Waals surface area contributed by atoms with Crippen molar-refractivity contribution in [3.8, 4) is 5.75 Å². The summed E-state index contributed by atoms with van der Waals surface area (Å²) in [6, 6.07) is 16.3. The van der Waals surface area contributed by atoms with E-state index >= 15 is 0 Å². The smallest absolute Gasteiger partial charge is 0.330 e. The van der Waals surface area contributed by atoms with Crippen LogP contribution in [0.15, 0.2) is 66.7 Å². The van der Waals surface area contributed by atoms with Crippen LogP contribution in [0.2, 0.25) is 0 Å². The van der Waals surface area contributed by atoms with Crippen molar-refractivity contribution in [2.24, 2.45) is 11.8 Å². The van der Waals surface area contributed by atoms with Crippen molar-refractivity contribution < 1.29 is 44.9 Å². The molecule has 1 fully saturated rings. The molecule has 0 heterocycles. The highest BCUT2D eigenvalue weighted by Gasteiger charge is 2.40. The molecule has 43 heavy (non-hydrogen) atoms. The molecule has 1 aliphatic rings. The number of allylic oxidation sites excluding steroid dienone is 2. The fourth-order valence-electron chi connectivity index (χ4n) is 5.42. The molecule has 0 unspecified atom stereocenters. The van der Waals surface area contributed by atoms with E-state index in [9.17, 15) is 24.9 Å². The summed E-state index contributed by atoms with van der Waals surface area (Å²) in [5.41, 5.74) is 1.73. The number of hydrogen-bond donors (Lipinski definition) is 6. The summed E-state index contributed by atoms with van der Waals surface area (Å²) >= 11 is 0. The maximum Gasteiger partial charge on any atom is 0.330 e. The summed E-state index contributed by atoms with van der Waals surface area (Å²) in [6.07, 6.45) is 7.46. The van der Waals surface area contributed by atoms with Crippen LogP contribution < -0.4 is 10.1 Å². The minimum absolute atomic E-state index is 0.0705. The lowest BCUT2D eigenvalue weighted by atomic mass is 9.85. The van der Waals surface area contributed by atoms with Gasteiger partial charge in [0.1, 0.15) is 12.3 Å². The van der Waals surface area contributed by atoms with Crippen LogP contribution in [0.5, 0.6) is 5.75 Å². The van der Waals surface area contributed by atoms with Crippen molar-refractivity contribution in [3.63, 3.8) is 0 Å². The Morgan fingerprint density at radius 1 is 0.977 bits per heavy atom. The molecule has 11 nitrogen and oxygen atoms in total. The molecule has 2 aromatic rings. The molecule has 1 saturated carbocycles. The lowest BCUT2D eigenvalue weighted by Crippen LogP contribution is -2.31. The van der Waals surface area contributed by atoms with Crippen LogP contribution in [0, 0.1) is 11.8 Å². The van der Waals surface area contributed by atoms with Gasteiger partial charge in [0.2, 0.25) is 5.91 Å². The van der Waals surface area contributed by atoms with Gasteiger partial charge < -0.3 is 25.4 Å². The third kappa shape index (κ3) is 12.9. The second-order valence-corrected chi connectivity index (χ2v) is 11.0. The summed E-state index contributed by atoms with van der Waals surface area (Å²) < 4.78 is 5.19. The Hall–Kier alpha value is -3.16. The Labute approximate surface area is 252 Å². The second-order valence-electron chi connectivity index (χ2n) is 11.0. The number of esters is 1. The lowest BCUT2D eigenvalue weighted by Gasteiger charge is -2.23. The Morgan fingerprint density at radius 2 is 1.72 bits per heavy atom. The number of ether oxygens (including phenoxy) is 1. The molecular formula is C32H44N2O9. The highest BCUT2D eigenvalue weighted by Crippen LogP contribution is 2.38. The summed E-state index contributed by atoms with van der Waals surface area (Å²) in [4.78, 5) is 28.7. The zero-order valence-corrected chi connectivity index (χ0v) is 24.3. The Balaban J connectivity index is 1.29. The van der Waals surface area contributed by atoms with Gasteiger partial charge in [-0.2, -0.15) is 0 Å². The third-order valence-electron chi connectivity index (χ3n) is 7.72. The molecule has 0 aliphatic heterocycles. The molecule has 0 spiro atoms. The number of rotatable bonds is 18. The second kappa shape index (κ2) is 18.5. The van der Waals surface area contributed by atoms with E-state index in [4.69, 9.17) is 15.2 Å². The molecule has 5 atom stereocenters. The first kappa shape index (κ1) is 34.3. The number of nitrogens with zero attached hydrogens (tertiary/aromatic N) is 1. The molecule has 1 aliphatic carbocycles. The number of benzene rings is 2. The SMILES string of the molecule is O=C(CCC/C=C\C[C@@H]1[C@@H](CC[C@@H](O)CCc2ccccc2)[C@H](O)C[C@@H]1O)NCC(=O)Oc1cccc(CON(O)O)c1. The van der Waals surface area contributed by atoms with E-state index < -0.39 is 29.7 Å². The first-order valence-electron chi connectivity index (χ1n) is 14.8. The number of hydrogen-bond acceptors (Lipinski definition) is 10. The average molecular weight is 601 g/mol. The number of unbranched alkanes of at least 4 members (excludes halogenated alkanes) is 1. The molecule has 0 bridgehead atoms. The fourth-order valence-corrected chi connectivity index (χ4v) is 5.42. The van der Waals surface area contributed by atoms with E-state index in [0.29, 0.717) is 50.5 Å². The molecule has 236 valence electrons. The van der Waals surface area contributed by atoms with Crippen LogP contribution >= 0.6 is 0 Å². The number of nitrogens with one attached hydrogen (secondary N) is 1. The molecule has 0 aromatic heterocycles. The van der Waals surface area contributed by atoms with Gasteiger partial charge in [-0.3, -0.25) is 15.2 Å². The van der Waals surface area contributed by atoms with Crippen molar-refractivity contribution in [1.29, 1.82) is 0 Å². The molecular weight excluding hydrogens is 556 g/mol. The van der Waals surface area contributed by atoms with Crippen molar-refractivity contribution in [2.75, 3.05) is 6.54 Å². The zero-order valence-electron chi connectivity index (χ0n) is 24.3. The predicted molar refractivity (Wildman–Crippen MR) is 157 cm³/mol. The summed E-state index contributed by atoms with van der Waals surface area (Å²) in [5.74, 6) is -0.839. The first-order chi connectivity index (χ1) is 20.7. The average Bonchev–Trinajstić information content (AvgIpc) is 3.26. The largest absolute Gasteiger partial charge is 0.425 e. The van der Waals surface area contributed by atoms with E-state index in [1.165, 1.54) is 11.6 Å². The van der Waals surface area contributed by atoms with Crippen LogP contribution in [0.25, 0.3) is 0 Å². The van der Waals surface area contributed by atoms with E-state index in [1.807, 2.05) is 42.5 Å². The lowest BCUT2D eigenvalue weighted by molar-refractivity contribution is -0.497. The number of aliphatic hydroxyl groups is 3. The normalized spacial score (nSPS) is 20.9. The number of aryl methyl sites for hydroxylation is 1. The fraction of sp³-hybridized carbons (Fsp3) is 0.500. The predicted octanol–water partition coefficient (Wildman–Crippen LogP) is 3.47. The third-order valence-corrected chi connectivity index (χ3v) is 7.72. The van der Waals surface area contributed by atoms with Gasteiger partial charge in [0.05, 0.1) is 30.3 Å². The Morgan fingerprint density at radius 3 is 2.49 bits per heavy atom. The van der Waals surface area contributed by atoms with E-state index in [0.717, 1.165) is 6.42 Å². The first-order valence-corrected chi connectivity index (χ1v) is 14.8. The molecule has 2 aromatic carbocycles. The van der Waals surface area contributed by atoms with Crippen LogP contribution in [-0.4, -0.2) is 67.9 Å². The van der Waals surface area contributed by atoms with Gasteiger partial charge in [0, 0.05) is 6.42 Å². The molecule has 0 saturated heterocycles. The van der Waals surface area contributed by atoms with Gasteiger partial charge in [-0.25, -0.2) is 9.63 Å². The van der Waals surface area contributed by atoms with Gasteiger partial charge in [0.25, 0.3) is 0 Å². The quantitative estimate of drug-likeness (QED) is 0.0490. The topological polar surface area (TPSA) is 169 Å². The maximum absolute atomic E-state index is 12.1. The van der Waals surface area contributed by atoms with Crippen LogP contribution in [0.4, 0.5) is 0 Å². The summed E-state index contributed by atoms with van der Waals surface area (Å²) in [5, 5.41) is 50.8.